The van der Waals surface area contributed by atoms with Crippen LogP contribution in [0.1, 0.15) is 22.3 Å². The molecule has 5 nitrogen and oxygen atoms in total. The highest BCUT2D eigenvalue weighted by molar-refractivity contribution is 7.89. The van der Waals surface area contributed by atoms with Gasteiger partial charge in [0.05, 0.1) is 10.6 Å². The van der Waals surface area contributed by atoms with E-state index in [4.69, 9.17) is 0 Å². The van der Waals surface area contributed by atoms with Gasteiger partial charge >= 0.3 is 0 Å². The lowest BCUT2D eigenvalue weighted by Crippen LogP contribution is -2.48. The molecule has 1 aliphatic rings. The molecule has 0 saturated carbocycles. The van der Waals surface area contributed by atoms with E-state index in [1.165, 1.54) is 6.07 Å². The first-order valence-corrected chi connectivity index (χ1v) is 11.5. The first kappa shape index (κ1) is 21.7. The number of nitrogens with zero attached hydrogens (tertiary/aromatic N) is 2. The Morgan fingerprint density at radius 1 is 0.966 bits per heavy atom. The number of sulfonamides is 1. The number of para-hydroxylation sites is 1. The van der Waals surface area contributed by atoms with E-state index in [0.717, 1.165) is 48.4 Å². The molecule has 158 valence electrons. The quantitative estimate of drug-likeness (QED) is 0.782. The van der Waals surface area contributed by atoms with E-state index < -0.39 is 10.0 Å². The zero-order valence-electron chi connectivity index (χ0n) is 17.6. The smallest absolute Gasteiger partial charge is 0.241 e. The van der Waals surface area contributed by atoms with Crippen LogP contribution in [0, 0.1) is 33.5 Å². The fourth-order valence-electron chi connectivity index (χ4n) is 3.91. The van der Waals surface area contributed by atoms with Crippen LogP contribution in [0.4, 0.5) is 10.1 Å². The van der Waals surface area contributed by atoms with E-state index in [1.54, 1.807) is 12.1 Å². The summed E-state index contributed by atoms with van der Waals surface area (Å²) in [6, 6.07) is 8.84. The summed E-state index contributed by atoms with van der Waals surface area (Å²) in [6.07, 6.45) is 0. The number of halogens is 1. The van der Waals surface area contributed by atoms with Crippen molar-refractivity contribution in [1.82, 2.24) is 9.62 Å². The zero-order valence-corrected chi connectivity index (χ0v) is 18.4. The summed E-state index contributed by atoms with van der Waals surface area (Å²) in [6.45, 7) is 11.6. The van der Waals surface area contributed by atoms with Crippen LogP contribution in [0.5, 0.6) is 0 Å². The van der Waals surface area contributed by atoms with Gasteiger partial charge in [-0.1, -0.05) is 18.2 Å². The summed E-state index contributed by atoms with van der Waals surface area (Å²) >= 11 is 0. The van der Waals surface area contributed by atoms with Crippen LogP contribution in [-0.4, -0.2) is 52.6 Å². The third-order valence-corrected chi connectivity index (χ3v) is 7.59. The van der Waals surface area contributed by atoms with Crippen molar-refractivity contribution < 1.29 is 12.8 Å². The lowest BCUT2D eigenvalue weighted by molar-refractivity contribution is 0.261. The molecule has 0 unspecified atom stereocenters. The second-order valence-electron chi connectivity index (χ2n) is 7.77. The van der Waals surface area contributed by atoms with Gasteiger partial charge in [-0.25, -0.2) is 17.5 Å². The van der Waals surface area contributed by atoms with Gasteiger partial charge in [0.1, 0.15) is 5.82 Å². The van der Waals surface area contributed by atoms with Gasteiger partial charge in [0.15, 0.2) is 0 Å². The van der Waals surface area contributed by atoms with Crippen LogP contribution >= 0.6 is 0 Å². The number of hydrogen-bond donors (Lipinski definition) is 1. The van der Waals surface area contributed by atoms with Gasteiger partial charge in [-0.05, 0) is 62.1 Å². The first-order chi connectivity index (χ1) is 13.7. The van der Waals surface area contributed by atoms with Crippen molar-refractivity contribution in [3.63, 3.8) is 0 Å². The minimum atomic E-state index is -3.56. The van der Waals surface area contributed by atoms with Gasteiger partial charge in [-0.3, -0.25) is 4.90 Å². The summed E-state index contributed by atoms with van der Waals surface area (Å²) in [5, 5.41) is 0. The molecule has 29 heavy (non-hydrogen) atoms. The molecule has 0 aromatic heterocycles. The van der Waals surface area contributed by atoms with Crippen molar-refractivity contribution in [1.29, 1.82) is 0 Å². The number of anilines is 1. The molecule has 0 aliphatic carbocycles. The van der Waals surface area contributed by atoms with Crippen LogP contribution in [0.3, 0.4) is 0 Å². The van der Waals surface area contributed by atoms with Crippen LogP contribution in [0.25, 0.3) is 0 Å². The van der Waals surface area contributed by atoms with Crippen molar-refractivity contribution in [2.75, 3.05) is 44.2 Å². The number of rotatable bonds is 6. The van der Waals surface area contributed by atoms with E-state index in [9.17, 15) is 12.8 Å². The Bertz CT molecular complexity index is 958. The van der Waals surface area contributed by atoms with Gasteiger partial charge < -0.3 is 4.90 Å². The minimum absolute atomic E-state index is 0.201. The molecule has 2 aromatic rings. The van der Waals surface area contributed by atoms with Crippen LogP contribution in [0.2, 0.25) is 0 Å². The molecule has 3 rings (SSSR count). The van der Waals surface area contributed by atoms with Gasteiger partial charge in [0.2, 0.25) is 10.0 Å². The monoisotopic (exact) mass is 419 g/mol. The van der Waals surface area contributed by atoms with E-state index in [1.807, 2.05) is 44.7 Å². The van der Waals surface area contributed by atoms with Gasteiger partial charge in [-0.2, -0.15) is 0 Å². The van der Waals surface area contributed by atoms with Crippen molar-refractivity contribution >= 4 is 15.7 Å². The van der Waals surface area contributed by atoms with Crippen molar-refractivity contribution in [2.45, 2.75) is 32.6 Å². The number of benzene rings is 2. The Morgan fingerprint density at radius 2 is 1.55 bits per heavy atom. The van der Waals surface area contributed by atoms with Crippen LogP contribution in [-0.2, 0) is 10.0 Å². The molecule has 0 spiro atoms. The Kier molecular flexibility index (Phi) is 6.61. The van der Waals surface area contributed by atoms with E-state index in [-0.39, 0.29) is 5.82 Å². The third-order valence-electron chi connectivity index (χ3n) is 5.85. The average molecular weight is 420 g/mol. The van der Waals surface area contributed by atoms with Crippen molar-refractivity contribution in [3.8, 4) is 0 Å². The minimum Gasteiger partial charge on any atom is -0.367 e. The number of piperazine rings is 1. The molecule has 1 heterocycles. The molecule has 1 aliphatic heterocycles. The molecule has 0 radical (unpaired) electrons. The summed E-state index contributed by atoms with van der Waals surface area (Å²) in [5.41, 5.74) is 4.21. The van der Waals surface area contributed by atoms with Gasteiger partial charge in [0.25, 0.3) is 0 Å². The topological polar surface area (TPSA) is 52.7 Å². The number of aryl methyl sites for hydroxylation is 2. The highest BCUT2D eigenvalue weighted by Gasteiger charge is 2.23. The fraction of sp³-hybridized carbons (Fsp3) is 0.455. The molecule has 7 heteroatoms. The highest BCUT2D eigenvalue weighted by atomic mass is 32.2. The zero-order chi connectivity index (χ0) is 21.2. The molecule has 0 atom stereocenters. The second-order valence-corrected chi connectivity index (χ2v) is 9.47. The third kappa shape index (κ3) is 4.79. The standard InChI is InChI=1S/C22H30FN3O2S/c1-16-15-17(2)19(4)22(18(16)3)29(27,28)24-9-10-25-11-13-26(14-12-25)21-8-6-5-7-20(21)23/h5-8,15,24H,9-14H2,1-4H3. The first-order valence-electron chi connectivity index (χ1n) is 9.99. The Morgan fingerprint density at radius 3 is 2.14 bits per heavy atom. The maximum absolute atomic E-state index is 14.0. The van der Waals surface area contributed by atoms with Gasteiger partial charge in [0, 0.05) is 39.3 Å². The number of hydrogen-bond acceptors (Lipinski definition) is 4. The summed E-state index contributed by atoms with van der Waals surface area (Å²) in [5.74, 6) is -0.201. The van der Waals surface area contributed by atoms with Crippen LogP contribution < -0.4 is 9.62 Å². The van der Waals surface area contributed by atoms with E-state index in [2.05, 4.69) is 9.62 Å². The normalized spacial score (nSPS) is 15.7. The SMILES string of the molecule is Cc1cc(C)c(C)c(S(=O)(=O)NCCN2CCN(c3ccccc3F)CC2)c1C. The summed E-state index contributed by atoms with van der Waals surface area (Å²) in [7, 11) is -3.56. The second kappa shape index (κ2) is 8.81. The molecule has 1 fully saturated rings. The molecular weight excluding hydrogens is 389 g/mol. The Labute approximate surface area is 173 Å². The van der Waals surface area contributed by atoms with E-state index >= 15 is 0 Å². The maximum Gasteiger partial charge on any atom is 0.241 e. The highest BCUT2D eigenvalue weighted by Crippen LogP contribution is 2.26. The molecule has 0 bridgehead atoms. The fourth-order valence-corrected chi connectivity index (χ4v) is 5.55. The molecule has 2 aromatic carbocycles. The molecule has 1 saturated heterocycles. The van der Waals surface area contributed by atoms with Crippen LogP contribution in [0.15, 0.2) is 35.2 Å². The average Bonchev–Trinajstić information content (AvgIpc) is 2.67. The van der Waals surface area contributed by atoms with Crippen molar-refractivity contribution in [2.24, 2.45) is 0 Å². The van der Waals surface area contributed by atoms with Gasteiger partial charge in [-0.15, -0.1) is 0 Å². The molecular formula is C22H30FN3O2S. The van der Waals surface area contributed by atoms with Crippen molar-refractivity contribution in [3.05, 3.63) is 58.4 Å². The Hall–Kier alpha value is -1.96. The summed E-state index contributed by atoms with van der Waals surface area (Å²) in [4.78, 5) is 4.65. The van der Waals surface area contributed by atoms with E-state index in [0.29, 0.717) is 23.7 Å². The largest absolute Gasteiger partial charge is 0.367 e. The number of nitrogens with one attached hydrogen (secondary N) is 1. The molecule has 1 N–H and O–H groups in total. The maximum atomic E-state index is 14.0. The predicted molar refractivity (Wildman–Crippen MR) is 116 cm³/mol. The lowest BCUT2D eigenvalue weighted by Gasteiger charge is -2.36. The molecule has 0 amide bonds. The summed E-state index contributed by atoms with van der Waals surface area (Å²) < 4.78 is 42.6. The lowest BCUT2D eigenvalue weighted by atomic mass is 10.0. The Balaban J connectivity index is 1.57. The predicted octanol–water partition coefficient (Wildman–Crippen LogP) is 3.16.